The molecule has 1 aliphatic heterocycles. The van der Waals surface area contributed by atoms with Crippen LogP contribution in [0, 0.1) is 10.1 Å². The van der Waals surface area contributed by atoms with E-state index in [1.807, 2.05) is 18.7 Å². The van der Waals surface area contributed by atoms with Crippen LogP contribution in [0.2, 0.25) is 0 Å². The number of nitro benzene ring substituents is 1. The minimum atomic E-state index is -0.509. The molecule has 1 aromatic rings. The molecule has 126 valence electrons. The standard InChI is InChI=1S/C15H21N3O5/c1-10-7-17(8-11(2)23-10)9-15(19)16-13-5-4-12(18(20)21)6-14(13)22-3/h4-6,10-11H,7-9H2,1-3H3,(H,16,19). The number of non-ortho nitro benzene ring substituents is 1. The number of anilines is 1. The first-order valence-electron chi connectivity index (χ1n) is 7.39. The lowest BCUT2D eigenvalue weighted by atomic mass is 10.2. The summed E-state index contributed by atoms with van der Waals surface area (Å²) >= 11 is 0. The topological polar surface area (TPSA) is 93.9 Å². The number of methoxy groups -OCH3 is 1. The fourth-order valence-corrected chi connectivity index (χ4v) is 2.70. The maximum Gasteiger partial charge on any atom is 0.273 e. The number of ether oxygens (including phenoxy) is 2. The van der Waals surface area contributed by atoms with Crippen LogP contribution in [0.5, 0.6) is 5.75 Å². The number of carbonyl (C=O) groups excluding carboxylic acids is 1. The second-order valence-electron chi connectivity index (χ2n) is 5.64. The molecule has 8 heteroatoms. The highest BCUT2D eigenvalue weighted by Gasteiger charge is 2.24. The van der Waals surface area contributed by atoms with Crippen LogP contribution in [-0.2, 0) is 9.53 Å². The summed E-state index contributed by atoms with van der Waals surface area (Å²) in [6.45, 7) is 5.56. The predicted molar refractivity (Wildman–Crippen MR) is 84.7 cm³/mol. The van der Waals surface area contributed by atoms with Crippen LogP contribution in [-0.4, -0.2) is 54.7 Å². The summed E-state index contributed by atoms with van der Waals surface area (Å²) in [4.78, 5) is 24.5. The zero-order chi connectivity index (χ0) is 17.0. The number of amides is 1. The molecule has 0 radical (unpaired) electrons. The lowest BCUT2D eigenvalue weighted by Gasteiger charge is -2.34. The van der Waals surface area contributed by atoms with Crippen molar-refractivity contribution in [3.05, 3.63) is 28.3 Å². The van der Waals surface area contributed by atoms with E-state index in [4.69, 9.17) is 9.47 Å². The van der Waals surface area contributed by atoms with Crippen molar-refractivity contribution in [2.24, 2.45) is 0 Å². The number of morpholine rings is 1. The molecule has 2 unspecified atom stereocenters. The molecular formula is C15H21N3O5. The van der Waals surface area contributed by atoms with Gasteiger partial charge in [0.1, 0.15) is 5.75 Å². The molecule has 2 atom stereocenters. The Labute approximate surface area is 134 Å². The minimum absolute atomic E-state index is 0.0838. The number of rotatable bonds is 5. The largest absolute Gasteiger partial charge is 0.494 e. The van der Waals surface area contributed by atoms with Crippen LogP contribution in [0.3, 0.4) is 0 Å². The zero-order valence-corrected chi connectivity index (χ0v) is 13.4. The van der Waals surface area contributed by atoms with Crippen LogP contribution in [0.1, 0.15) is 13.8 Å². The van der Waals surface area contributed by atoms with Crippen LogP contribution in [0.25, 0.3) is 0 Å². The smallest absolute Gasteiger partial charge is 0.273 e. The molecular weight excluding hydrogens is 302 g/mol. The summed E-state index contributed by atoms with van der Waals surface area (Å²) in [6, 6.07) is 4.09. The van der Waals surface area contributed by atoms with Crippen molar-refractivity contribution in [1.29, 1.82) is 0 Å². The molecule has 8 nitrogen and oxygen atoms in total. The van der Waals surface area contributed by atoms with Crippen molar-refractivity contribution in [3.8, 4) is 5.75 Å². The fraction of sp³-hybridized carbons (Fsp3) is 0.533. The summed E-state index contributed by atoms with van der Waals surface area (Å²) < 4.78 is 10.7. The third-order valence-corrected chi connectivity index (χ3v) is 3.53. The number of carbonyl (C=O) groups is 1. The maximum absolute atomic E-state index is 12.2. The average molecular weight is 323 g/mol. The van der Waals surface area contributed by atoms with Gasteiger partial charge in [0.25, 0.3) is 5.69 Å². The average Bonchev–Trinajstić information content (AvgIpc) is 2.46. The molecule has 1 fully saturated rings. The maximum atomic E-state index is 12.2. The van der Waals surface area contributed by atoms with Crippen LogP contribution >= 0.6 is 0 Å². The molecule has 2 rings (SSSR count). The monoisotopic (exact) mass is 323 g/mol. The van der Waals surface area contributed by atoms with E-state index in [2.05, 4.69) is 5.32 Å². The van der Waals surface area contributed by atoms with Gasteiger partial charge < -0.3 is 14.8 Å². The number of benzene rings is 1. The molecule has 0 saturated carbocycles. The van der Waals surface area contributed by atoms with Crippen molar-refractivity contribution in [2.45, 2.75) is 26.1 Å². The van der Waals surface area contributed by atoms with Gasteiger partial charge in [-0.05, 0) is 19.9 Å². The van der Waals surface area contributed by atoms with Gasteiger partial charge >= 0.3 is 0 Å². The highest BCUT2D eigenvalue weighted by atomic mass is 16.6. The Morgan fingerprint density at radius 1 is 1.43 bits per heavy atom. The molecule has 0 spiro atoms. The van der Waals surface area contributed by atoms with Crippen molar-refractivity contribution < 1.29 is 19.2 Å². The first kappa shape index (κ1) is 17.2. The second-order valence-corrected chi connectivity index (χ2v) is 5.64. The summed E-state index contributed by atoms with van der Waals surface area (Å²) in [7, 11) is 1.40. The van der Waals surface area contributed by atoms with Gasteiger partial charge in [-0.15, -0.1) is 0 Å². The van der Waals surface area contributed by atoms with E-state index in [1.165, 1.54) is 25.3 Å². The van der Waals surface area contributed by atoms with Gasteiger partial charge in [0.05, 0.1) is 42.5 Å². The van der Waals surface area contributed by atoms with Gasteiger partial charge in [-0.3, -0.25) is 19.8 Å². The van der Waals surface area contributed by atoms with Gasteiger partial charge in [-0.1, -0.05) is 0 Å². The van der Waals surface area contributed by atoms with E-state index in [0.717, 1.165) is 0 Å². The van der Waals surface area contributed by atoms with E-state index in [9.17, 15) is 14.9 Å². The van der Waals surface area contributed by atoms with E-state index >= 15 is 0 Å². The number of nitrogens with zero attached hydrogens (tertiary/aromatic N) is 2. The minimum Gasteiger partial charge on any atom is -0.494 e. The second kappa shape index (κ2) is 7.38. The SMILES string of the molecule is COc1cc([N+](=O)[O-])ccc1NC(=O)CN1CC(C)OC(C)C1. The first-order valence-corrected chi connectivity index (χ1v) is 7.39. The zero-order valence-electron chi connectivity index (χ0n) is 13.4. The molecule has 1 aliphatic rings. The third-order valence-electron chi connectivity index (χ3n) is 3.53. The Kier molecular flexibility index (Phi) is 5.51. The Balaban J connectivity index is 2.01. The number of hydrogen-bond donors (Lipinski definition) is 1. The number of nitro groups is 1. The normalized spacial score (nSPS) is 21.7. The molecule has 1 aromatic carbocycles. The van der Waals surface area contributed by atoms with Gasteiger partial charge in [-0.2, -0.15) is 0 Å². The van der Waals surface area contributed by atoms with Gasteiger partial charge in [-0.25, -0.2) is 0 Å². The molecule has 0 bridgehead atoms. The lowest BCUT2D eigenvalue weighted by Crippen LogP contribution is -2.48. The molecule has 1 amide bonds. The van der Waals surface area contributed by atoms with E-state index in [1.54, 1.807) is 0 Å². The lowest BCUT2D eigenvalue weighted by molar-refractivity contribution is -0.384. The highest BCUT2D eigenvalue weighted by molar-refractivity contribution is 5.93. The van der Waals surface area contributed by atoms with Crippen LogP contribution < -0.4 is 10.1 Å². The number of nitrogens with one attached hydrogen (secondary N) is 1. The molecule has 0 aromatic heterocycles. The Morgan fingerprint density at radius 3 is 2.65 bits per heavy atom. The van der Waals surface area contributed by atoms with Crippen LogP contribution in [0.15, 0.2) is 18.2 Å². The summed E-state index contributed by atoms with van der Waals surface area (Å²) in [5.41, 5.74) is 0.327. The van der Waals surface area contributed by atoms with Gasteiger partial charge in [0, 0.05) is 19.2 Å². The van der Waals surface area contributed by atoms with E-state index in [0.29, 0.717) is 18.8 Å². The Bertz CT molecular complexity index is 582. The Morgan fingerprint density at radius 2 is 2.09 bits per heavy atom. The third kappa shape index (κ3) is 4.64. The molecule has 23 heavy (non-hydrogen) atoms. The van der Waals surface area contributed by atoms with E-state index in [-0.39, 0.29) is 36.1 Å². The molecule has 1 N–H and O–H groups in total. The first-order chi connectivity index (χ1) is 10.9. The van der Waals surface area contributed by atoms with Gasteiger partial charge in [0.2, 0.25) is 5.91 Å². The molecule has 1 heterocycles. The summed E-state index contributed by atoms with van der Waals surface area (Å²) in [5.74, 6) is 0.0646. The highest BCUT2D eigenvalue weighted by Crippen LogP contribution is 2.29. The molecule has 0 aliphatic carbocycles. The fourth-order valence-electron chi connectivity index (χ4n) is 2.70. The van der Waals surface area contributed by atoms with Crippen molar-refractivity contribution in [2.75, 3.05) is 32.1 Å². The summed E-state index contributed by atoms with van der Waals surface area (Å²) in [6.07, 6.45) is 0.168. The number of hydrogen-bond acceptors (Lipinski definition) is 6. The predicted octanol–water partition coefficient (Wildman–Crippen LogP) is 1.65. The Hall–Kier alpha value is -2.19. The summed E-state index contributed by atoms with van der Waals surface area (Å²) in [5, 5.41) is 13.5. The molecule has 1 saturated heterocycles. The van der Waals surface area contributed by atoms with Crippen LogP contribution in [0.4, 0.5) is 11.4 Å². The van der Waals surface area contributed by atoms with E-state index < -0.39 is 4.92 Å². The van der Waals surface area contributed by atoms with Crippen molar-refractivity contribution in [1.82, 2.24) is 4.90 Å². The quantitative estimate of drug-likeness (QED) is 0.654. The van der Waals surface area contributed by atoms with Gasteiger partial charge in [0.15, 0.2) is 0 Å². The van der Waals surface area contributed by atoms with Crippen molar-refractivity contribution >= 4 is 17.3 Å². The van der Waals surface area contributed by atoms with Crippen molar-refractivity contribution in [3.63, 3.8) is 0 Å².